The predicted octanol–water partition coefficient (Wildman–Crippen LogP) is 4.39. The number of aliphatic hydroxyl groups is 2. The number of aliphatic hydroxyl groups excluding tert-OH is 2. The summed E-state index contributed by atoms with van der Waals surface area (Å²) >= 11 is 0. The molecule has 3 aliphatic rings. The van der Waals surface area contributed by atoms with Crippen molar-refractivity contribution in [1.29, 1.82) is 0 Å². The third kappa shape index (κ3) is 3.81. The van der Waals surface area contributed by atoms with Gasteiger partial charge in [-0.25, -0.2) is 13.6 Å². The first-order valence-corrected chi connectivity index (χ1v) is 11.8. The predicted molar refractivity (Wildman–Crippen MR) is 121 cm³/mol. The van der Waals surface area contributed by atoms with Gasteiger partial charge in [-0.2, -0.15) is 0 Å². The summed E-state index contributed by atoms with van der Waals surface area (Å²) in [5.41, 5.74) is 0.0373. The Balaban J connectivity index is 1.36. The van der Waals surface area contributed by atoms with Crippen LogP contribution in [0.5, 0.6) is 5.75 Å². The third-order valence-electron chi connectivity index (χ3n) is 8.03. The molecule has 1 aliphatic heterocycles. The highest BCUT2D eigenvalue weighted by molar-refractivity contribution is 5.88. The highest BCUT2D eigenvalue weighted by Crippen LogP contribution is 2.48. The third-order valence-corrected chi connectivity index (χ3v) is 8.03. The molecule has 2 aromatic rings. The second kappa shape index (κ2) is 8.78. The molecule has 0 aromatic heterocycles. The largest absolute Gasteiger partial charge is 0.490 e. The van der Waals surface area contributed by atoms with Gasteiger partial charge in [0.2, 0.25) is 0 Å². The highest BCUT2D eigenvalue weighted by atomic mass is 19.1. The number of ether oxygens (including phenoxy) is 1. The van der Waals surface area contributed by atoms with Crippen LogP contribution in [0.1, 0.15) is 53.6 Å². The number of carboxylic acids is 1. The fourth-order valence-electron chi connectivity index (χ4n) is 6.00. The van der Waals surface area contributed by atoms with Crippen LogP contribution in [0, 0.1) is 23.5 Å². The minimum Gasteiger partial charge on any atom is -0.490 e. The van der Waals surface area contributed by atoms with Crippen molar-refractivity contribution >= 4 is 5.97 Å². The Morgan fingerprint density at radius 1 is 1.18 bits per heavy atom. The molecule has 0 amide bonds. The molecule has 34 heavy (non-hydrogen) atoms. The summed E-state index contributed by atoms with van der Waals surface area (Å²) in [6.45, 7) is 0. The number of aryl methyl sites for hydroxylation is 1. The summed E-state index contributed by atoms with van der Waals surface area (Å²) in [7, 11) is 0. The Morgan fingerprint density at radius 2 is 1.94 bits per heavy atom. The van der Waals surface area contributed by atoms with E-state index in [9.17, 15) is 28.9 Å². The molecule has 5 rings (SSSR count). The fourth-order valence-corrected chi connectivity index (χ4v) is 6.00. The molecule has 7 heteroatoms. The van der Waals surface area contributed by atoms with Gasteiger partial charge in [-0.1, -0.05) is 36.8 Å². The molecule has 2 fully saturated rings. The van der Waals surface area contributed by atoms with Crippen molar-refractivity contribution in [1.82, 2.24) is 0 Å². The molecule has 1 heterocycles. The zero-order valence-electron chi connectivity index (χ0n) is 18.7. The van der Waals surface area contributed by atoms with E-state index in [2.05, 4.69) is 0 Å². The quantitative estimate of drug-likeness (QED) is 0.564. The molecular weight excluding hydrogens is 442 g/mol. The monoisotopic (exact) mass is 470 g/mol. The molecule has 5 atom stereocenters. The van der Waals surface area contributed by atoms with Crippen molar-refractivity contribution in [2.75, 3.05) is 0 Å². The first kappa shape index (κ1) is 23.0. The minimum absolute atomic E-state index is 0.0759. The van der Waals surface area contributed by atoms with Gasteiger partial charge in [-0.15, -0.1) is 0 Å². The second-order valence-electron chi connectivity index (χ2n) is 9.80. The van der Waals surface area contributed by atoms with E-state index in [0.717, 1.165) is 6.42 Å². The van der Waals surface area contributed by atoms with Gasteiger partial charge in [0.15, 0.2) is 0 Å². The Kier molecular flexibility index (Phi) is 5.94. The summed E-state index contributed by atoms with van der Waals surface area (Å²) in [5, 5.41) is 31.1. The van der Waals surface area contributed by atoms with Gasteiger partial charge in [-0.3, -0.25) is 0 Å². The average molecular weight is 471 g/mol. The molecule has 1 unspecified atom stereocenters. The van der Waals surface area contributed by atoms with Crippen LogP contribution in [-0.2, 0) is 11.8 Å². The maximum Gasteiger partial charge on any atom is 0.338 e. The van der Waals surface area contributed by atoms with E-state index in [4.69, 9.17) is 4.74 Å². The zero-order valence-corrected chi connectivity index (χ0v) is 18.7. The molecule has 0 spiro atoms. The minimum atomic E-state index is -1.36. The number of halogens is 2. The van der Waals surface area contributed by atoms with Crippen molar-refractivity contribution in [3.05, 3.63) is 76.9 Å². The molecule has 0 bridgehead atoms. The molecule has 5 nitrogen and oxygen atoms in total. The molecular formula is C27H28F2O5. The summed E-state index contributed by atoms with van der Waals surface area (Å²) in [4.78, 5) is 11.3. The van der Waals surface area contributed by atoms with Crippen LogP contribution in [0.4, 0.5) is 8.78 Å². The highest BCUT2D eigenvalue weighted by Gasteiger charge is 2.47. The van der Waals surface area contributed by atoms with E-state index >= 15 is 0 Å². The van der Waals surface area contributed by atoms with E-state index < -0.39 is 35.0 Å². The topological polar surface area (TPSA) is 87.0 Å². The molecule has 0 radical (unpaired) electrons. The van der Waals surface area contributed by atoms with Crippen LogP contribution in [-0.4, -0.2) is 39.6 Å². The van der Waals surface area contributed by atoms with E-state index in [-0.39, 0.29) is 23.8 Å². The van der Waals surface area contributed by atoms with Crippen molar-refractivity contribution in [2.45, 2.75) is 62.3 Å². The molecule has 2 aliphatic carbocycles. The van der Waals surface area contributed by atoms with Crippen molar-refractivity contribution < 1.29 is 33.6 Å². The SMILES string of the molecule is O=C(O)c1cc2c(cc1F)CC[C@@H]1[C@@H](/C=C/C(O)C3(c4ccccc4F)CCC3)[C@H](O)C[C@@H]1O2. The van der Waals surface area contributed by atoms with Gasteiger partial charge < -0.3 is 20.1 Å². The first-order valence-electron chi connectivity index (χ1n) is 11.8. The Bertz CT molecular complexity index is 1130. The van der Waals surface area contributed by atoms with E-state index in [1.807, 2.05) is 6.08 Å². The lowest BCUT2D eigenvalue weighted by Crippen LogP contribution is -2.45. The van der Waals surface area contributed by atoms with Gasteiger partial charge in [0.25, 0.3) is 0 Å². The molecule has 3 N–H and O–H groups in total. The lowest BCUT2D eigenvalue weighted by atomic mass is 9.61. The first-order chi connectivity index (χ1) is 16.3. The number of carboxylic acid groups (broad SMARTS) is 1. The normalized spacial score (nSPS) is 28.4. The number of hydrogen-bond acceptors (Lipinski definition) is 4. The van der Waals surface area contributed by atoms with Gasteiger partial charge in [0.1, 0.15) is 23.5 Å². The summed E-state index contributed by atoms with van der Waals surface area (Å²) in [6, 6.07) is 9.00. The average Bonchev–Trinajstić information content (AvgIpc) is 2.95. The number of benzene rings is 2. The van der Waals surface area contributed by atoms with Gasteiger partial charge in [0, 0.05) is 23.7 Å². The van der Waals surface area contributed by atoms with Crippen LogP contribution >= 0.6 is 0 Å². The van der Waals surface area contributed by atoms with Crippen LogP contribution in [0.25, 0.3) is 0 Å². The van der Waals surface area contributed by atoms with Crippen molar-refractivity contribution in [3.63, 3.8) is 0 Å². The van der Waals surface area contributed by atoms with Crippen LogP contribution in [0.2, 0.25) is 0 Å². The van der Waals surface area contributed by atoms with Crippen molar-refractivity contribution in [3.8, 4) is 5.75 Å². The maximum absolute atomic E-state index is 14.5. The van der Waals surface area contributed by atoms with E-state index in [0.29, 0.717) is 49.0 Å². The standard InChI is InChI=1S/C27H28F2O5/c28-20-5-2-1-4-19(20)27(10-3-11-27)25(31)9-8-16-17-7-6-15-12-21(29)18(26(32)33)13-23(15)34-24(17)14-22(16)30/h1-2,4-5,8-9,12-13,16-17,22,24-25,30-31H,3,6-7,10-11,14H2,(H,32,33)/b9-8+/t16-,17-,22-,24+,25?/m1/s1. The molecule has 2 aromatic carbocycles. The lowest BCUT2D eigenvalue weighted by Gasteiger charge is -2.45. The van der Waals surface area contributed by atoms with Crippen LogP contribution in [0.3, 0.4) is 0 Å². The number of aromatic carboxylic acids is 1. The van der Waals surface area contributed by atoms with Gasteiger partial charge in [0.05, 0.1) is 17.8 Å². The maximum atomic E-state index is 14.5. The smallest absolute Gasteiger partial charge is 0.338 e. The Hall–Kier alpha value is -2.77. The number of fused-ring (bicyclic) bond motifs is 2. The summed E-state index contributed by atoms with van der Waals surface area (Å²) in [6.07, 6.45) is 5.35. The summed E-state index contributed by atoms with van der Waals surface area (Å²) < 4.78 is 34.8. The molecule has 0 saturated heterocycles. The number of rotatable bonds is 5. The van der Waals surface area contributed by atoms with Gasteiger partial charge in [-0.05, 0) is 55.0 Å². The fraction of sp³-hybridized carbons (Fsp3) is 0.444. The molecule has 180 valence electrons. The lowest BCUT2D eigenvalue weighted by molar-refractivity contribution is 0.0587. The second-order valence-corrected chi connectivity index (χ2v) is 9.80. The van der Waals surface area contributed by atoms with Crippen LogP contribution < -0.4 is 4.74 Å². The van der Waals surface area contributed by atoms with E-state index in [1.165, 1.54) is 18.2 Å². The Morgan fingerprint density at radius 3 is 2.62 bits per heavy atom. The number of hydrogen-bond donors (Lipinski definition) is 3. The zero-order chi connectivity index (χ0) is 24.0. The van der Waals surface area contributed by atoms with Crippen LogP contribution in [0.15, 0.2) is 48.6 Å². The number of carbonyl (C=O) groups is 1. The van der Waals surface area contributed by atoms with E-state index in [1.54, 1.807) is 24.3 Å². The van der Waals surface area contributed by atoms with Gasteiger partial charge >= 0.3 is 5.97 Å². The summed E-state index contributed by atoms with van der Waals surface area (Å²) in [5.74, 6) is -2.48. The molecule has 2 saturated carbocycles. The Labute approximate surface area is 196 Å². The van der Waals surface area contributed by atoms with Crippen molar-refractivity contribution in [2.24, 2.45) is 11.8 Å².